The fraction of sp³-hybridized carbons (Fsp3) is 0.550. The first-order valence-corrected chi connectivity index (χ1v) is 8.94. The van der Waals surface area contributed by atoms with E-state index in [-0.39, 0.29) is 0 Å². The molecule has 0 radical (unpaired) electrons. The average Bonchev–Trinajstić information content (AvgIpc) is 3.06. The molecule has 4 heteroatoms. The highest BCUT2D eigenvalue weighted by Crippen LogP contribution is 2.22. The molecule has 1 saturated heterocycles. The molecule has 1 aromatic heterocycles. The van der Waals surface area contributed by atoms with E-state index in [4.69, 9.17) is 5.10 Å². The molecule has 0 aliphatic carbocycles. The smallest absolute Gasteiger partial charge is 0.0678 e. The van der Waals surface area contributed by atoms with Crippen LogP contribution in [-0.2, 0) is 6.54 Å². The molecule has 0 amide bonds. The Kier molecular flexibility index (Phi) is 5.07. The van der Waals surface area contributed by atoms with Crippen molar-refractivity contribution in [2.24, 2.45) is 5.92 Å². The maximum absolute atomic E-state index is 4.82. The van der Waals surface area contributed by atoms with Crippen LogP contribution in [0.4, 0.5) is 0 Å². The SMILES string of the molecule is Cc1ccccc1-n1nc(C)c(CN(C)CC2CCN(C)C2)c1C. The predicted octanol–water partition coefficient (Wildman–Crippen LogP) is 3.18. The highest BCUT2D eigenvalue weighted by molar-refractivity contribution is 5.42. The van der Waals surface area contributed by atoms with Gasteiger partial charge in [-0.25, -0.2) is 4.68 Å². The van der Waals surface area contributed by atoms with Crippen LogP contribution in [0.5, 0.6) is 0 Å². The summed E-state index contributed by atoms with van der Waals surface area (Å²) in [7, 11) is 4.46. The van der Waals surface area contributed by atoms with Gasteiger partial charge in [0.05, 0.1) is 11.4 Å². The Morgan fingerprint density at radius 1 is 1.21 bits per heavy atom. The molecule has 1 aromatic carbocycles. The molecule has 0 bridgehead atoms. The van der Waals surface area contributed by atoms with Crippen LogP contribution >= 0.6 is 0 Å². The van der Waals surface area contributed by atoms with Gasteiger partial charge in [0.15, 0.2) is 0 Å². The van der Waals surface area contributed by atoms with Crippen molar-refractivity contribution in [2.75, 3.05) is 33.7 Å². The Hall–Kier alpha value is -1.65. The van der Waals surface area contributed by atoms with E-state index < -0.39 is 0 Å². The highest BCUT2D eigenvalue weighted by Gasteiger charge is 2.22. The lowest BCUT2D eigenvalue weighted by molar-refractivity contribution is 0.266. The Balaban J connectivity index is 1.76. The van der Waals surface area contributed by atoms with Gasteiger partial charge in [-0.2, -0.15) is 5.10 Å². The van der Waals surface area contributed by atoms with Crippen molar-refractivity contribution in [3.05, 3.63) is 46.8 Å². The van der Waals surface area contributed by atoms with Crippen molar-refractivity contribution in [1.82, 2.24) is 19.6 Å². The van der Waals surface area contributed by atoms with Gasteiger partial charge >= 0.3 is 0 Å². The second-order valence-electron chi connectivity index (χ2n) is 7.46. The molecule has 0 spiro atoms. The van der Waals surface area contributed by atoms with E-state index >= 15 is 0 Å². The summed E-state index contributed by atoms with van der Waals surface area (Å²) < 4.78 is 2.11. The topological polar surface area (TPSA) is 24.3 Å². The minimum absolute atomic E-state index is 0.798. The fourth-order valence-electron chi connectivity index (χ4n) is 3.89. The van der Waals surface area contributed by atoms with E-state index in [9.17, 15) is 0 Å². The lowest BCUT2D eigenvalue weighted by atomic mass is 10.1. The summed E-state index contributed by atoms with van der Waals surface area (Å²) in [5.74, 6) is 0.798. The van der Waals surface area contributed by atoms with Gasteiger partial charge in [0.2, 0.25) is 0 Å². The number of hydrogen-bond donors (Lipinski definition) is 0. The standard InChI is InChI=1S/C20H30N4/c1-15-8-6-7-9-20(15)24-17(3)19(16(2)21-24)14-23(5)13-18-10-11-22(4)12-18/h6-9,18H,10-14H2,1-5H3. The number of hydrogen-bond acceptors (Lipinski definition) is 3. The Morgan fingerprint density at radius 2 is 1.96 bits per heavy atom. The number of nitrogens with zero attached hydrogens (tertiary/aromatic N) is 4. The van der Waals surface area contributed by atoms with Gasteiger partial charge in [0.1, 0.15) is 0 Å². The lowest BCUT2D eigenvalue weighted by Gasteiger charge is -2.21. The maximum Gasteiger partial charge on any atom is 0.0678 e. The molecular weight excluding hydrogens is 296 g/mol. The maximum atomic E-state index is 4.82. The van der Waals surface area contributed by atoms with Gasteiger partial charge < -0.3 is 9.80 Å². The van der Waals surface area contributed by atoms with Gasteiger partial charge in [-0.05, 0) is 65.4 Å². The van der Waals surface area contributed by atoms with Crippen LogP contribution in [-0.4, -0.2) is 53.3 Å². The van der Waals surface area contributed by atoms with E-state index in [1.54, 1.807) is 0 Å². The highest BCUT2D eigenvalue weighted by atomic mass is 15.3. The molecule has 2 heterocycles. The van der Waals surface area contributed by atoms with E-state index in [0.29, 0.717) is 0 Å². The third-order valence-electron chi connectivity index (χ3n) is 5.27. The van der Waals surface area contributed by atoms with Gasteiger partial charge in [-0.15, -0.1) is 0 Å². The number of benzene rings is 1. The minimum atomic E-state index is 0.798. The zero-order valence-electron chi connectivity index (χ0n) is 15.7. The number of aryl methyl sites for hydroxylation is 2. The molecule has 2 aromatic rings. The van der Waals surface area contributed by atoms with Gasteiger partial charge in [-0.1, -0.05) is 18.2 Å². The van der Waals surface area contributed by atoms with Crippen molar-refractivity contribution in [3.8, 4) is 5.69 Å². The molecule has 1 unspecified atom stereocenters. The van der Waals surface area contributed by atoms with Crippen LogP contribution in [0.2, 0.25) is 0 Å². The molecule has 0 N–H and O–H groups in total. The lowest BCUT2D eigenvalue weighted by Crippen LogP contribution is -2.27. The van der Waals surface area contributed by atoms with Crippen molar-refractivity contribution in [2.45, 2.75) is 33.7 Å². The van der Waals surface area contributed by atoms with Crippen LogP contribution in [0.15, 0.2) is 24.3 Å². The summed E-state index contributed by atoms with van der Waals surface area (Å²) in [6.45, 7) is 11.1. The summed E-state index contributed by atoms with van der Waals surface area (Å²) in [5.41, 5.74) is 6.22. The molecule has 24 heavy (non-hydrogen) atoms. The van der Waals surface area contributed by atoms with E-state index in [0.717, 1.165) is 18.2 Å². The molecule has 4 nitrogen and oxygen atoms in total. The van der Waals surface area contributed by atoms with Gasteiger partial charge in [0, 0.05) is 30.9 Å². The summed E-state index contributed by atoms with van der Waals surface area (Å²) in [6, 6.07) is 8.46. The van der Waals surface area contributed by atoms with Crippen molar-refractivity contribution >= 4 is 0 Å². The first-order chi connectivity index (χ1) is 11.5. The normalized spacial score (nSPS) is 18.7. The van der Waals surface area contributed by atoms with E-state index in [1.807, 2.05) is 0 Å². The van der Waals surface area contributed by atoms with Crippen molar-refractivity contribution in [1.29, 1.82) is 0 Å². The third-order valence-corrected chi connectivity index (χ3v) is 5.27. The minimum Gasteiger partial charge on any atom is -0.306 e. The number of likely N-dealkylation sites (tertiary alicyclic amines) is 1. The predicted molar refractivity (Wildman–Crippen MR) is 99.7 cm³/mol. The molecule has 1 fully saturated rings. The zero-order valence-corrected chi connectivity index (χ0v) is 15.7. The quantitative estimate of drug-likeness (QED) is 0.843. The van der Waals surface area contributed by atoms with Crippen molar-refractivity contribution in [3.63, 3.8) is 0 Å². The summed E-state index contributed by atoms with van der Waals surface area (Å²) in [5, 5.41) is 4.82. The number of para-hydroxylation sites is 1. The van der Waals surface area contributed by atoms with E-state index in [1.165, 1.54) is 48.6 Å². The van der Waals surface area contributed by atoms with Crippen LogP contribution in [0.25, 0.3) is 5.69 Å². The Labute approximate surface area is 146 Å². The molecule has 130 valence electrons. The molecule has 3 rings (SSSR count). The largest absolute Gasteiger partial charge is 0.306 e. The Bertz CT molecular complexity index is 704. The zero-order chi connectivity index (χ0) is 17.3. The molecule has 1 aliphatic heterocycles. The molecule has 1 aliphatic rings. The second kappa shape index (κ2) is 7.08. The Morgan fingerprint density at radius 3 is 2.62 bits per heavy atom. The molecule has 1 atom stereocenters. The van der Waals surface area contributed by atoms with E-state index in [2.05, 4.69) is 73.6 Å². The van der Waals surface area contributed by atoms with Crippen LogP contribution < -0.4 is 0 Å². The summed E-state index contributed by atoms with van der Waals surface area (Å²) in [6.07, 6.45) is 1.32. The van der Waals surface area contributed by atoms with Gasteiger partial charge in [0.25, 0.3) is 0 Å². The summed E-state index contributed by atoms with van der Waals surface area (Å²) >= 11 is 0. The number of aromatic nitrogens is 2. The van der Waals surface area contributed by atoms with Gasteiger partial charge in [-0.3, -0.25) is 0 Å². The summed E-state index contributed by atoms with van der Waals surface area (Å²) in [4.78, 5) is 4.90. The van der Waals surface area contributed by atoms with Crippen molar-refractivity contribution < 1.29 is 0 Å². The molecular formula is C20H30N4. The van der Waals surface area contributed by atoms with Crippen LogP contribution in [0, 0.1) is 26.7 Å². The average molecular weight is 326 g/mol. The first kappa shape index (κ1) is 17.2. The molecule has 0 saturated carbocycles. The fourth-order valence-corrected chi connectivity index (χ4v) is 3.89. The first-order valence-electron chi connectivity index (χ1n) is 8.94. The van der Waals surface area contributed by atoms with Crippen LogP contribution in [0.1, 0.15) is 28.9 Å². The monoisotopic (exact) mass is 326 g/mol. The third kappa shape index (κ3) is 3.55. The number of rotatable bonds is 5. The second-order valence-corrected chi connectivity index (χ2v) is 7.46. The van der Waals surface area contributed by atoms with Crippen LogP contribution in [0.3, 0.4) is 0 Å².